The van der Waals surface area contributed by atoms with Crippen LogP contribution in [0.25, 0.3) is 0 Å². The summed E-state index contributed by atoms with van der Waals surface area (Å²) < 4.78 is 5.54. The van der Waals surface area contributed by atoms with E-state index in [1.165, 1.54) is 0 Å². The molecule has 1 aromatic rings. The van der Waals surface area contributed by atoms with Crippen LogP contribution in [-0.4, -0.2) is 43.8 Å². The number of ether oxygens (including phenoxy) is 1. The summed E-state index contributed by atoms with van der Waals surface area (Å²) in [6.45, 7) is 5.27. The van der Waals surface area contributed by atoms with Crippen molar-refractivity contribution in [2.75, 3.05) is 20.7 Å². The molecule has 2 N–H and O–H groups in total. The van der Waals surface area contributed by atoms with Crippen molar-refractivity contribution in [3.8, 4) is 5.88 Å². The largest absolute Gasteiger partial charge is 0.481 e. The van der Waals surface area contributed by atoms with E-state index >= 15 is 0 Å². The first-order valence-corrected chi connectivity index (χ1v) is 10.7. The van der Waals surface area contributed by atoms with Gasteiger partial charge in [0.05, 0.1) is 12.8 Å². The van der Waals surface area contributed by atoms with Crippen LogP contribution in [0.1, 0.15) is 42.9 Å². The molecule has 2 heterocycles. The Kier molecular flexibility index (Phi) is 11.0. The van der Waals surface area contributed by atoms with Crippen LogP contribution in [0, 0.1) is 0 Å². The third-order valence-electron chi connectivity index (χ3n) is 4.98. The minimum atomic E-state index is 0.134. The van der Waals surface area contributed by atoms with Gasteiger partial charge in [0.15, 0.2) is 0 Å². The van der Waals surface area contributed by atoms with E-state index in [1.54, 1.807) is 20.4 Å². The Morgan fingerprint density at radius 3 is 2.94 bits per heavy atom. The summed E-state index contributed by atoms with van der Waals surface area (Å²) in [5, 5.41) is 6.36. The van der Waals surface area contributed by atoms with Crippen molar-refractivity contribution in [3.63, 3.8) is 0 Å². The van der Waals surface area contributed by atoms with Gasteiger partial charge in [0.1, 0.15) is 0 Å². The molecular formula is C25H34N4O2. The predicted octanol–water partition coefficient (Wildman–Crippen LogP) is 3.88. The number of methoxy groups -OCH3 is 1. The highest BCUT2D eigenvalue weighted by Crippen LogP contribution is 2.25. The van der Waals surface area contributed by atoms with Crippen LogP contribution in [-0.2, 0) is 11.3 Å². The van der Waals surface area contributed by atoms with Gasteiger partial charge in [-0.15, -0.1) is 6.58 Å². The lowest BCUT2D eigenvalue weighted by molar-refractivity contribution is -0.119. The van der Waals surface area contributed by atoms with E-state index < -0.39 is 0 Å². The third-order valence-corrected chi connectivity index (χ3v) is 4.98. The van der Waals surface area contributed by atoms with Gasteiger partial charge in [-0.3, -0.25) is 9.79 Å². The van der Waals surface area contributed by atoms with Crippen molar-refractivity contribution in [1.29, 1.82) is 0 Å². The molecule has 2 rings (SSSR count). The van der Waals surface area contributed by atoms with E-state index in [4.69, 9.17) is 9.72 Å². The maximum atomic E-state index is 11.3. The lowest BCUT2D eigenvalue weighted by atomic mass is 9.99. The summed E-state index contributed by atoms with van der Waals surface area (Å²) in [6.07, 6.45) is 19.1. The number of aliphatic imine (C=N–C) groups is 1. The third kappa shape index (κ3) is 8.72. The van der Waals surface area contributed by atoms with Gasteiger partial charge in [-0.25, -0.2) is 4.98 Å². The second kappa shape index (κ2) is 14.1. The second-order valence-electron chi connectivity index (χ2n) is 7.35. The molecule has 1 fully saturated rings. The van der Waals surface area contributed by atoms with Crippen LogP contribution in [0.5, 0.6) is 5.88 Å². The Bertz CT molecular complexity index is 827. The molecule has 31 heavy (non-hydrogen) atoms. The van der Waals surface area contributed by atoms with Gasteiger partial charge in [0.25, 0.3) is 0 Å². The molecule has 0 radical (unpaired) electrons. The number of pyridine rings is 1. The van der Waals surface area contributed by atoms with Gasteiger partial charge in [-0.2, -0.15) is 0 Å². The molecule has 6 nitrogen and oxygen atoms in total. The number of aromatic nitrogens is 1. The molecule has 2 atom stereocenters. The zero-order valence-corrected chi connectivity index (χ0v) is 18.6. The Labute approximate surface area is 185 Å². The van der Waals surface area contributed by atoms with Crippen molar-refractivity contribution in [1.82, 2.24) is 15.6 Å². The fraction of sp³-hybridized carbons (Fsp3) is 0.400. The van der Waals surface area contributed by atoms with Gasteiger partial charge in [-0.1, -0.05) is 42.5 Å². The molecule has 1 aliphatic heterocycles. The Hall–Kier alpha value is -2.99. The molecule has 1 aromatic heterocycles. The molecule has 0 aliphatic carbocycles. The van der Waals surface area contributed by atoms with E-state index in [0.717, 1.165) is 37.1 Å². The second-order valence-corrected chi connectivity index (χ2v) is 7.35. The van der Waals surface area contributed by atoms with Gasteiger partial charge < -0.3 is 15.4 Å². The zero-order valence-electron chi connectivity index (χ0n) is 18.6. The highest BCUT2D eigenvalue weighted by Gasteiger charge is 2.20. The molecule has 1 unspecified atom stereocenters. The summed E-state index contributed by atoms with van der Waals surface area (Å²) in [5.41, 5.74) is 1.96. The maximum absolute atomic E-state index is 11.3. The topological polar surface area (TPSA) is 75.6 Å². The maximum Gasteiger partial charge on any atom is 0.220 e. The Morgan fingerprint density at radius 1 is 1.35 bits per heavy atom. The summed E-state index contributed by atoms with van der Waals surface area (Å²) in [6, 6.07) is 4.32. The van der Waals surface area contributed by atoms with Crippen LogP contribution < -0.4 is 15.4 Å². The summed E-state index contributed by atoms with van der Waals surface area (Å²) in [5.74, 6) is 0.915. The number of nitrogens with one attached hydrogen (secondary N) is 2. The van der Waals surface area contributed by atoms with E-state index in [2.05, 4.69) is 52.6 Å². The average Bonchev–Trinajstić information content (AvgIpc) is 3.20. The number of hydrogen-bond donors (Lipinski definition) is 2. The van der Waals surface area contributed by atoms with Crippen LogP contribution in [0.4, 0.5) is 0 Å². The summed E-state index contributed by atoms with van der Waals surface area (Å²) >= 11 is 0. The lowest BCUT2D eigenvalue weighted by Crippen LogP contribution is -2.35. The van der Waals surface area contributed by atoms with E-state index in [9.17, 15) is 4.79 Å². The first-order valence-electron chi connectivity index (χ1n) is 10.7. The quantitative estimate of drug-likeness (QED) is 0.287. The first kappa shape index (κ1) is 24.3. The van der Waals surface area contributed by atoms with Crippen molar-refractivity contribution in [3.05, 3.63) is 72.5 Å². The molecular weight excluding hydrogens is 388 g/mol. The number of hydrogen-bond acceptors (Lipinski definition) is 5. The van der Waals surface area contributed by atoms with Gasteiger partial charge >= 0.3 is 0 Å². The molecule has 1 aliphatic rings. The van der Waals surface area contributed by atoms with Crippen LogP contribution in [0.2, 0.25) is 0 Å². The minimum Gasteiger partial charge on any atom is -0.481 e. The molecule has 6 heteroatoms. The van der Waals surface area contributed by atoms with Crippen molar-refractivity contribution >= 4 is 12.1 Å². The number of carbonyl (C=O) groups is 1. The zero-order chi connectivity index (χ0) is 22.3. The fourth-order valence-electron chi connectivity index (χ4n) is 3.37. The van der Waals surface area contributed by atoms with Gasteiger partial charge in [0, 0.05) is 50.3 Å². The highest BCUT2D eigenvalue weighted by molar-refractivity contribution is 5.78. The first-order chi connectivity index (χ1) is 15.2. The van der Waals surface area contributed by atoms with E-state index in [0.29, 0.717) is 18.8 Å². The number of carbonyl (C=O) groups excluding carboxylic acids is 1. The Balaban J connectivity index is 1.95. The lowest BCUT2D eigenvalue weighted by Gasteiger charge is -2.15. The van der Waals surface area contributed by atoms with E-state index in [1.807, 2.05) is 24.3 Å². The van der Waals surface area contributed by atoms with Crippen molar-refractivity contribution < 1.29 is 9.53 Å². The minimum absolute atomic E-state index is 0.134. The number of allylic oxidation sites excluding steroid dienone is 7. The summed E-state index contributed by atoms with van der Waals surface area (Å²) in [4.78, 5) is 20.0. The van der Waals surface area contributed by atoms with Crippen molar-refractivity contribution in [2.24, 2.45) is 4.99 Å². The van der Waals surface area contributed by atoms with Gasteiger partial charge in [0.2, 0.25) is 11.8 Å². The molecule has 0 spiro atoms. The summed E-state index contributed by atoms with van der Waals surface area (Å²) in [7, 11) is 3.40. The number of amides is 1. The van der Waals surface area contributed by atoms with Crippen LogP contribution in [0.3, 0.4) is 0 Å². The monoisotopic (exact) mass is 422 g/mol. The molecule has 0 bridgehead atoms. The molecule has 166 valence electrons. The average molecular weight is 423 g/mol. The van der Waals surface area contributed by atoms with E-state index in [-0.39, 0.29) is 17.9 Å². The molecule has 1 saturated heterocycles. The number of rotatable bonds is 13. The number of nitrogens with zero attached hydrogens (tertiary/aromatic N) is 2. The highest BCUT2D eigenvalue weighted by atomic mass is 16.5. The van der Waals surface area contributed by atoms with Gasteiger partial charge in [-0.05, 0) is 31.4 Å². The predicted molar refractivity (Wildman–Crippen MR) is 128 cm³/mol. The smallest absolute Gasteiger partial charge is 0.220 e. The SMILES string of the molecule is C=CCC(/C=C/C/C=C/C=C/C=NC)c1ccc(CNC[C@@H]2CCC(=O)N2)c(OC)n1. The standard InChI is InChI=1S/C25H34N4O2/c1-4-11-20(12-9-7-5-6-8-10-17-26-2)23-15-13-21(25(29-23)31-3)18-27-19-22-14-16-24(30)28-22/h4-6,8-10,12-13,15,17,20,22,27H,1,7,11,14,16,18-19H2,2-3H3,(H,28,30)/b6-5+,10-8+,12-9+,26-17?/t20?,22-/m0/s1. The van der Waals surface area contributed by atoms with Crippen LogP contribution in [0.15, 0.2) is 66.2 Å². The normalized spacial score (nSPS) is 17.9. The van der Waals surface area contributed by atoms with Crippen molar-refractivity contribution in [2.45, 2.75) is 44.2 Å². The fourth-order valence-corrected chi connectivity index (χ4v) is 3.37. The molecule has 0 saturated carbocycles. The Morgan fingerprint density at radius 2 is 2.23 bits per heavy atom. The molecule has 1 amide bonds. The van der Waals surface area contributed by atoms with Crippen LogP contribution >= 0.6 is 0 Å². The molecule has 0 aromatic carbocycles.